The standard InChI is InChI=1S/C30H20N2O3S/c1-18-13-14-22(29-32-24-10-3-5-12-27(24)36-29)17-25(18)31-28(33)21-9-6-8-19(15-21)23-16-20-7-2-4-11-26(20)35-30(23)34/h2-17H,1H3,(H,31,33). The third-order valence-electron chi connectivity index (χ3n) is 6.10. The zero-order valence-electron chi connectivity index (χ0n) is 19.3. The first-order valence-electron chi connectivity index (χ1n) is 11.5. The molecule has 36 heavy (non-hydrogen) atoms. The van der Waals surface area contributed by atoms with Gasteiger partial charge in [0.2, 0.25) is 0 Å². The van der Waals surface area contributed by atoms with Crippen molar-refractivity contribution in [1.82, 2.24) is 4.98 Å². The minimum Gasteiger partial charge on any atom is -0.422 e. The molecule has 0 bridgehead atoms. The van der Waals surface area contributed by atoms with Crippen LogP contribution in [0.3, 0.4) is 0 Å². The van der Waals surface area contributed by atoms with Crippen molar-refractivity contribution in [2.24, 2.45) is 0 Å². The van der Waals surface area contributed by atoms with Crippen molar-refractivity contribution < 1.29 is 9.21 Å². The van der Waals surface area contributed by atoms with Crippen molar-refractivity contribution in [1.29, 1.82) is 0 Å². The first-order chi connectivity index (χ1) is 17.5. The number of nitrogens with one attached hydrogen (secondary N) is 1. The maximum Gasteiger partial charge on any atom is 0.344 e. The molecule has 0 aliphatic rings. The third kappa shape index (κ3) is 4.08. The molecule has 0 radical (unpaired) electrons. The average Bonchev–Trinajstić information content (AvgIpc) is 3.34. The van der Waals surface area contributed by atoms with Crippen molar-refractivity contribution >= 4 is 44.1 Å². The highest BCUT2D eigenvalue weighted by Crippen LogP contribution is 2.32. The summed E-state index contributed by atoms with van der Waals surface area (Å²) >= 11 is 1.62. The summed E-state index contributed by atoms with van der Waals surface area (Å²) in [4.78, 5) is 30.6. The van der Waals surface area contributed by atoms with Crippen LogP contribution in [-0.2, 0) is 0 Å². The fourth-order valence-electron chi connectivity index (χ4n) is 4.17. The Balaban J connectivity index is 1.31. The lowest BCUT2D eigenvalue weighted by Gasteiger charge is -2.11. The molecule has 0 unspecified atom stereocenters. The number of rotatable bonds is 4. The Kier molecular flexibility index (Phi) is 5.43. The quantitative estimate of drug-likeness (QED) is 0.264. The van der Waals surface area contributed by atoms with Crippen molar-refractivity contribution in [3.8, 4) is 21.7 Å². The lowest BCUT2D eigenvalue weighted by Crippen LogP contribution is -2.13. The smallest absolute Gasteiger partial charge is 0.344 e. The number of hydrogen-bond acceptors (Lipinski definition) is 5. The van der Waals surface area contributed by atoms with E-state index in [2.05, 4.69) is 11.4 Å². The van der Waals surface area contributed by atoms with E-state index in [-0.39, 0.29) is 5.91 Å². The lowest BCUT2D eigenvalue weighted by atomic mass is 10.0. The Hall–Kier alpha value is -4.55. The first kappa shape index (κ1) is 21.9. The van der Waals surface area contributed by atoms with Crippen molar-refractivity contribution in [3.63, 3.8) is 0 Å². The van der Waals surface area contributed by atoms with Gasteiger partial charge in [-0.05, 0) is 60.5 Å². The van der Waals surface area contributed by atoms with Gasteiger partial charge in [0, 0.05) is 22.2 Å². The number of para-hydroxylation sites is 2. The van der Waals surface area contributed by atoms with E-state index in [1.54, 1.807) is 47.7 Å². The molecule has 0 aliphatic heterocycles. The minimum absolute atomic E-state index is 0.258. The molecular formula is C30H20N2O3S. The van der Waals surface area contributed by atoms with Crippen LogP contribution in [0.5, 0.6) is 0 Å². The van der Waals surface area contributed by atoms with E-state index in [0.29, 0.717) is 28.0 Å². The number of amides is 1. The molecule has 6 heteroatoms. The second-order valence-corrected chi connectivity index (χ2v) is 9.57. The molecule has 0 atom stereocenters. The molecule has 0 saturated heterocycles. The molecular weight excluding hydrogens is 468 g/mol. The van der Waals surface area contributed by atoms with Crippen LogP contribution < -0.4 is 10.9 Å². The van der Waals surface area contributed by atoms with Crippen LogP contribution in [-0.4, -0.2) is 10.9 Å². The van der Waals surface area contributed by atoms with E-state index < -0.39 is 5.63 Å². The van der Waals surface area contributed by atoms with Crippen LogP contribution in [0.2, 0.25) is 0 Å². The van der Waals surface area contributed by atoms with E-state index in [0.717, 1.165) is 31.7 Å². The Bertz CT molecular complexity index is 1800. The predicted molar refractivity (Wildman–Crippen MR) is 146 cm³/mol. The van der Waals surface area contributed by atoms with Gasteiger partial charge >= 0.3 is 5.63 Å². The van der Waals surface area contributed by atoms with Gasteiger partial charge in [-0.3, -0.25) is 4.79 Å². The summed E-state index contributed by atoms with van der Waals surface area (Å²) in [6.45, 7) is 1.95. The molecule has 0 saturated carbocycles. The van der Waals surface area contributed by atoms with E-state index in [9.17, 15) is 9.59 Å². The second kappa shape index (κ2) is 8.91. The van der Waals surface area contributed by atoms with Crippen LogP contribution >= 0.6 is 11.3 Å². The maximum atomic E-state index is 13.2. The topological polar surface area (TPSA) is 72.2 Å². The molecule has 2 heterocycles. The molecule has 174 valence electrons. The van der Waals surface area contributed by atoms with Gasteiger partial charge in [-0.15, -0.1) is 11.3 Å². The summed E-state index contributed by atoms with van der Waals surface area (Å²) in [5.41, 5.74) is 5.14. The summed E-state index contributed by atoms with van der Waals surface area (Å²) in [5, 5.41) is 4.75. The van der Waals surface area contributed by atoms with Gasteiger partial charge in [0.1, 0.15) is 10.6 Å². The van der Waals surface area contributed by atoms with Gasteiger partial charge in [0.25, 0.3) is 5.91 Å². The summed E-state index contributed by atoms with van der Waals surface area (Å²) < 4.78 is 6.59. The maximum absolute atomic E-state index is 13.2. The molecule has 0 spiro atoms. The largest absolute Gasteiger partial charge is 0.422 e. The number of aryl methyl sites for hydroxylation is 1. The van der Waals surface area contributed by atoms with Gasteiger partial charge in [-0.1, -0.05) is 54.6 Å². The van der Waals surface area contributed by atoms with E-state index in [1.165, 1.54) is 0 Å². The van der Waals surface area contributed by atoms with Crippen molar-refractivity contribution in [2.75, 3.05) is 5.32 Å². The summed E-state index contributed by atoms with van der Waals surface area (Å²) in [6, 6.07) is 30.1. The number of nitrogens with zero attached hydrogens (tertiary/aromatic N) is 1. The van der Waals surface area contributed by atoms with Gasteiger partial charge in [-0.25, -0.2) is 9.78 Å². The van der Waals surface area contributed by atoms with Crippen LogP contribution in [0.4, 0.5) is 5.69 Å². The number of hydrogen-bond donors (Lipinski definition) is 1. The highest BCUT2D eigenvalue weighted by molar-refractivity contribution is 7.21. The Labute approximate surface area is 210 Å². The predicted octanol–water partition coefficient (Wildman–Crippen LogP) is 7.30. The molecule has 2 aromatic heterocycles. The van der Waals surface area contributed by atoms with E-state index in [1.807, 2.05) is 61.5 Å². The monoisotopic (exact) mass is 488 g/mol. The molecule has 0 fully saturated rings. The number of benzene rings is 4. The van der Waals surface area contributed by atoms with Crippen LogP contribution in [0.1, 0.15) is 15.9 Å². The number of anilines is 1. The van der Waals surface area contributed by atoms with Gasteiger partial charge in [-0.2, -0.15) is 0 Å². The first-order valence-corrected chi connectivity index (χ1v) is 12.3. The minimum atomic E-state index is -0.439. The Morgan fingerprint density at radius 3 is 2.58 bits per heavy atom. The molecule has 1 amide bonds. The average molecular weight is 489 g/mol. The fourth-order valence-corrected chi connectivity index (χ4v) is 5.13. The molecule has 4 aromatic carbocycles. The Morgan fingerprint density at radius 2 is 1.69 bits per heavy atom. The van der Waals surface area contributed by atoms with E-state index in [4.69, 9.17) is 9.40 Å². The van der Waals surface area contributed by atoms with Crippen molar-refractivity contribution in [2.45, 2.75) is 6.92 Å². The van der Waals surface area contributed by atoms with Crippen LogP contribution in [0.15, 0.2) is 106 Å². The Morgan fingerprint density at radius 1 is 0.861 bits per heavy atom. The van der Waals surface area contributed by atoms with Crippen LogP contribution in [0, 0.1) is 6.92 Å². The van der Waals surface area contributed by atoms with Crippen LogP contribution in [0.25, 0.3) is 42.9 Å². The molecule has 6 rings (SSSR count). The van der Waals surface area contributed by atoms with Gasteiger partial charge < -0.3 is 9.73 Å². The number of carbonyl (C=O) groups is 1. The zero-order chi connectivity index (χ0) is 24.6. The molecule has 5 nitrogen and oxygen atoms in total. The number of fused-ring (bicyclic) bond motifs is 2. The number of thiazole rings is 1. The second-order valence-electron chi connectivity index (χ2n) is 8.54. The molecule has 1 N–H and O–H groups in total. The zero-order valence-corrected chi connectivity index (χ0v) is 20.1. The summed E-state index contributed by atoms with van der Waals surface area (Å²) in [5.74, 6) is -0.258. The third-order valence-corrected chi connectivity index (χ3v) is 7.19. The highest BCUT2D eigenvalue weighted by Gasteiger charge is 2.14. The molecule has 0 aliphatic carbocycles. The summed E-state index contributed by atoms with van der Waals surface area (Å²) in [6.07, 6.45) is 0. The van der Waals surface area contributed by atoms with Gasteiger partial charge in [0.15, 0.2) is 0 Å². The number of aromatic nitrogens is 1. The SMILES string of the molecule is Cc1ccc(-c2nc3ccccc3s2)cc1NC(=O)c1cccc(-c2cc3ccccc3oc2=O)c1. The fraction of sp³-hybridized carbons (Fsp3) is 0.0333. The lowest BCUT2D eigenvalue weighted by molar-refractivity contribution is 0.102. The van der Waals surface area contributed by atoms with Crippen molar-refractivity contribution in [3.05, 3.63) is 119 Å². The van der Waals surface area contributed by atoms with Gasteiger partial charge in [0.05, 0.1) is 15.8 Å². The highest BCUT2D eigenvalue weighted by atomic mass is 32.1. The van der Waals surface area contributed by atoms with E-state index >= 15 is 0 Å². The summed E-state index contributed by atoms with van der Waals surface area (Å²) in [7, 11) is 0. The normalized spacial score (nSPS) is 11.1. The number of carbonyl (C=O) groups excluding carboxylic acids is 1. The molecule has 6 aromatic rings.